The van der Waals surface area contributed by atoms with Crippen LogP contribution in [0, 0.1) is 5.92 Å². The van der Waals surface area contributed by atoms with Crippen molar-refractivity contribution < 1.29 is 10.2 Å². The van der Waals surface area contributed by atoms with E-state index in [1.54, 1.807) is 0 Å². The average Bonchev–Trinajstić information content (AvgIpc) is 2.58. The SMILES string of the molecule is C=C(c1ncc2ccc(C(C)(C)C)cc2c1C(C)(C)CC)C(C)CC(O)O. The van der Waals surface area contributed by atoms with Crippen LogP contribution in [-0.2, 0) is 10.8 Å². The molecule has 2 N–H and O–H groups in total. The third kappa shape index (κ3) is 4.59. The first kappa shape index (κ1) is 21.6. The van der Waals surface area contributed by atoms with E-state index in [9.17, 15) is 10.2 Å². The van der Waals surface area contributed by atoms with Crippen LogP contribution in [0.4, 0.5) is 0 Å². The Morgan fingerprint density at radius 3 is 2.30 bits per heavy atom. The molecule has 2 aromatic rings. The molecule has 0 aliphatic rings. The Morgan fingerprint density at radius 1 is 1.15 bits per heavy atom. The van der Waals surface area contributed by atoms with Gasteiger partial charge in [-0.3, -0.25) is 4.98 Å². The largest absolute Gasteiger partial charge is 0.368 e. The van der Waals surface area contributed by atoms with Gasteiger partial charge in [0.15, 0.2) is 6.29 Å². The standard InChI is InChI=1S/C24H35NO2/c1-9-24(7,8)21-19-13-18(23(4,5)6)11-10-17(19)14-25-22(21)16(3)15(2)12-20(26)27/h10-11,13-15,20,26-27H,3,9,12H2,1-2,4-8H3. The van der Waals surface area contributed by atoms with E-state index in [0.717, 1.165) is 23.1 Å². The van der Waals surface area contributed by atoms with Gasteiger partial charge in [-0.25, -0.2) is 0 Å². The maximum atomic E-state index is 9.39. The van der Waals surface area contributed by atoms with Crippen LogP contribution in [0.5, 0.6) is 0 Å². The quantitative estimate of drug-likeness (QED) is 0.655. The summed E-state index contributed by atoms with van der Waals surface area (Å²) in [5.74, 6) is -0.0628. The van der Waals surface area contributed by atoms with Gasteiger partial charge in [0.2, 0.25) is 0 Å². The number of aliphatic hydroxyl groups excluding tert-OH is 1. The van der Waals surface area contributed by atoms with E-state index in [1.807, 2.05) is 13.1 Å². The summed E-state index contributed by atoms with van der Waals surface area (Å²) in [5.41, 5.74) is 4.26. The molecule has 0 saturated heterocycles. The lowest BCUT2D eigenvalue weighted by Gasteiger charge is -2.30. The molecule has 0 amide bonds. The molecule has 0 radical (unpaired) electrons. The number of allylic oxidation sites excluding steroid dienone is 1. The maximum Gasteiger partial charge on any atom is 0.152 e. The van der Waals surface area contributed by atoms with Gasteiger partial charge in [0, 0.05) is 18.0 Å². The molecule has 0 fully saturated rings. The molecule has 0 bridgehead atoms. The van der Waals surface area contributed by atoms with Gasteiger partial charge in [0.1, 0.15) is 0 Å². The molecule has 1 atom stereocenters. The highest BCUT2D eigenvalue weighted by Gasteiger charge is 2.28. The van der Waals surface area contributed by atoms with Crippen LogP contribution in [0.3, 0.4) is 0 Å². The maximum absolute atomic E-state index is 9.39. The molecule has 1 unspecified atom stereocenters. The van der Waals surface area contributed by atoms with Crippen LogP contribution in [0.2, 0.25) is 0 Å². The highest BCUT2D eigenvalue weighted by Crippen LogP contribution is 2.40. The minimum atomic E-state index is -1.34. The number of nitrogens with zero attached hydrogens (tertiary/aromatic N) is 1. The van der Waals surface area contributed by atoms with Gasteiger partial charge in [-0.05, 0) is 45.3 Å². The highest BCUT2D eigenvalue weighted by atomic mass is 16.5. The van der Waals surface area contributed by atoms with Crippen LogP contribution in [-0.4, -0.2) is 21.5 Å². The first-order chi connectivity index (χ1) is 12.4. The van der Waals surface area contributed by atoms with E-state index >= 15 is 0 Å². The predicted molar refractivity (Wildman–Crippen MR) is 115 cm³/mol. The molecule has 1 aromatic carbocycles. The number of benzene rings is 1. The van der Waals surface area contributed by atoms with Gasteiger partial charge in [0.05, 0.1) is 5.69 Å². The molecule has 0 aliphatic heterocycles. The van der Waals surface area contributed by atoms with Crippen molar-refractivity contribution in [3.05, 3.63) is 47.8 Å². The summed E-state index contributed by atoms with van der Waals surface area (Å²) in [7, 11) is 0. The minimum Gasteiger partial charge on any atom is -0.368 e. The van der Waals surface area contributed by atoms with E-state index in [4.69, 9.17) is 4.98 Å². The first-order valence-corrected chi connectivity index (χ1v) is 9.87. The number of fused-ring (bicyclic) bond motifs is 1. The summed E-state index contributed by atoms with van der Waals surface area (Å²) in [4.78, 5) is 4.78. The van der Waals surface area contributed by atoms with Crippen molar-refractivity contribution in [3.8, 4) is 0 Å². The van der Waals surface area contributed by atoms with Crippen molar-refractivity contribution >= 4 is 16.3 Å². The second kappa shape index (κ2) is 7.73. The number of pyridine rings is 1. The van der Waals surface area contributed by atoms with Crippen LogP contribution in [0.1, 0.15) is 78.1 Å². The van der Waals surface area contributed by atoms with Crippen LogP contribution in [0.15, 0.2) is 31.0 Å². The number of hydrogen-bond acceptors (Lipinski definition) is 3. The van der Waals surface area contributed by atoms with Gasteiger partial charge < -0.3 is 10.2 Å². The number of rotatable bonds is 6. The van der Waals surface area contributed by atoms with Crippen molar-refractivity contribution in [3.63, 3.8) is 0 Å². The van der Waals surface area contributed by atoms with Crippen LogP contribution in [0.25, 0.3) is 16.3 Å². The lowest BCUT2D eigenvalue weighted by molar-refractivity contribution is -0.0503. The lowest BCUT2D eigenvalue weighted by Crippen LogP contribution is -2.21. The van der Waals surface area contributed by atoms with Crippen LogP contribution >= 0.6 is 0 Å². The molecule has 148 valence electrons. The predicted octanol–water partition coefficient (Wildman–Crippen LogP) is 5.57. The summed E-state index contributed by atoms with van der Waals surface area (Å²) in [6.07, 6.45) is 1.81. The molecule has 1 heterocycles. The van der Waals surface area contributed by atoms with Crippen molar-refractivity contribution in [1.29, 1.82) is 0 Å². The summed E-state index contributed by atoms with van der Waals surface area (Å²) < 4.78 is 0. The number of aromatic nitrogens is 1. The molecular weight excluding hydrogens is 334 g/mol. The smallest absolute Gasteiger partial charge is 0.152 e. The monoisotopic (exact) mass is 369 g/mol. The minimum absolute atomic E-state index is 0.0628. The Balaban J connectivity index is 2.77. The fourth-order valence-corrected chi connectivity index (χ4v) is 3.48. The Hall–Kier alpha value is -1.71. The number of hydrogen-bond donors (Lipinski definition) is 2. The fourth-order valence-electron chi connectivity index (χ4n) is 3.48. The van der Waals surface area contributed by atoms with Gasteiger partial charge in [0.25, 0.3) is 0 Å². The molecule has 3 heteroatoms. The first-order valence-electron chi connectivity index (χ1n) is 9.87. The van der Waals surface area contributed by atoms with Crippen molar-refractivity contribution in [1.82, 2.24) is 4.98 Å². The number of aliphatic hydroxyl groups is 2. The van der Waals surface area contributed by atoms with Crippen molar-refractivity contribution in [2.45, 2.75) is 78.4 Å². The third-order valence-corrected chi connectivity index (χ3v) is 5.78. The average molecular weight is 370 g/mol. The van der Waals surface area contributed by atoms with E-state index < -0.39 is 6.29 Å². The summed E-state index contributed by atoms with van der Waals surface area (Å²) in [6, 6.07) is 6.64. The van der Waals surface area contributed by atoms with Crippen molar-refractivity contribution in [2.75, 3.05) is 0 Å². The fraction of sp³-hybridized carbons (Fsp3) is 0.542. The van der Waals surface area contributed by atoms with Crippen molar-refractivity contribution in [2.24, 2.45) is 5.92 Å². The molecule has 27 heavy (non-hydrogen) atoms. The Morgan fingerprint density at radius 2 is 1.78 bits per heavy atom. The van der Waals surface area contributed by atoms with E-state index in [-0.39, 0.29) is 23.2 Å². The zero-order valence-electron chi connectivity index (χ0n) is 17.9. The van der Waals surface area contributed by atoms with Crippen LogP contribution < -0.4 is 0 Å². The van der Waals surface area contributed by atoms with Gasteiger partial charge in [-0.2, -0.15) is 0 Å². The third-order valence-electron chi connectivity index (χ3n) is 5.78. The second-order valence-electron chi connectivity index (χ2n) is 9.41. The zero-order chi connectivity index (χ0) is 20.6. The molecule has 0 spiro atoms. The topological polar surface area (TPSA) is 53.4 Å². The molecule has 0 saturated carbocycles. The molecular formula is C24H35NO2. The Bertz CT molecular complexity index is 828. The Labute approximate surface area is 164 Å². The van der Waals surface area contributed by atoms with Gasteiger partial charge in [-0.1, -0.05) is 73.2 Å². The summed E-state index contributed by atoms with van der Waals surface area (Å²) in [5, 5.41) is 21.1. The second-order valence-corrected chi connectivity index (χ2v) is 9.41. The molecule has 0 aliphatic carbocycles. The van der Waals surface area contributed by atoms with Gasteiger partial charge in [-0.15, -0.1) is 0 Å². The molecule has 1 aromatic heterocycles. The Kier molecular flexibility index (Phi) is 6.18. The van der Waals surface area contributed by atoms with E-state index in [0.29, 0.717) is 0 Å². The molecule has 3 nitrogen and oxygen atoms in total. The van der Waals surface area contributed by atoms with Gasteiger partial charge >= 0.3 is 0 Å². The normalized spacial score (nSPS) is 14.0. The highest BCUT2D eigenvalue weighted by molar-refractivity contribution is 5.90. The lowest BCUT2D eigenvalue weighted by atomic mass is 9.75. The van der Waals surface area contributed by atoms with E-state index in [1.165, 1.54) is 16.5 Å². The summed E-state index contributed by atoms with van der Waals surface area (Å²) >= 11 is 0. The molecule has 2 rings (SSSR count). The zero-order valence-corrected chi connectivity index (χ0v) is 17.9. The van der Waals surface area contributed by atoms with E-state index in [2.05, 4.69) is 66.3 Å². The summed E-state index contributed by atoms with van der Waals surface area (Å²) in [6.45, 7) is 19.6.